The molecule has 0 bridgehead atoms. The number of benzene rings is 2. The minimum Gasteiger partial charge on any atom is -0.407 e. The predicted octanol–water partition coefficient (Wildman–Crippen LogP) is 3.81. The summed E-state index contributed by atoms with van der Waals surface area (Å²) in [5.41, 5.74) is 3.69. The lowest BCUT2D eigenvalue weighted by atomic mass is 10.1. The molecule has 0 saturated carbocycles. The van der Waals surface area contributed by atoms with Gasteiger partial charge in [0.1, 0.15) is 11.9 Å². The lowest BCUT2D eigenvalue weighted by molar-refractivity contribution is 0.112. The minimum absolute atomic E-state index is 0.582. The third kappa shape index (κ3) is 10.2. The Morgan fingerprint density at radius 2 is 1.24 bits per heavy atom. The molecule has 3 nitrogen and oxygen atoms in total. The summed E-state index contributed by atoms with van der Waals surface area (Å²) in [6, 6.07) is 13.7. The Morgan fingerprint density at radius 3 is 1.79 bits per heavy atom. The van der Waals surface area contributed by atoms with Gasteiger partial charge in [-0.25, -0.2) is 0 Å². The van der Waals surface area contributed by atoms with Crippen LogP contribution in [-0.2, 0) is 6.54 Å². The molecule has 0 amide bonds. The number of rotatable bonds is 4. The summed E-state index contributed by atoms with van der Waals surface area (Å²) in [4.78, 5) is 11.5. The summed E-state index contributed by atoms with van der Waals surface area (Å²) in [6.45, 7) is 2.56. The Morgan fingerprint density at radius 1 is 0.714 bits per heavy atom. The van der Waals surface area contributed by atoms with Gasteiger partial charge in [-0.1, -0.05) is 24.3 Å². The Hall–Kier alpha value is -7.39. The fraction of sp³-hybridized carbons (Fsp3) is 0.0513. The summed E-state index contributed by atoms with van der Waals surface area (Å²) in [6.07, 6.45) is 10.2. The van der Waals surface area contributed by atoms with Gasteiger partial charge in [0.25, 0.3) is 0 Å². The van der Waals surface area contributed by atoms with Crippen molar-refractivity contribution in [3.63, 3.8) is 0 Å². The van der Waals surface area contributed by atoms with Gasteiger partial charge in [-0.15, -0.1) is 6.42 Å². The van der Waals surface area contributed by atoms with E-state index in [0.717, 1.165) is 28.3 Å². The molecule has 2 aromatic carbocycles. The summed E-state index contributed by atoms with van der Waals surface area (Å²) in [5.74, 6) is 50.4. The lowest BCUT2D eigenvalue weighted by Crippen LogP contribution is -1.99. The molecule has 0 saturated heterocycles. The van der Waals surface area contributed by atoms with E-state index in [2.05, 4.69) is 131 Å². The topological polar surface area (TPSA) is 31.2 Å². The molecule has 0 aliphatic rings. The Balaban J connectivity index is 1.51. The number of para-hydroxylation sites is 1. The molecule has 3 heteroatoms. The first kappa shape index (κ1) is 29.2. The van der Waals surface area contributed by atoms with Crippen molar-refractivity contribution in [2.75, 3.05) is 0 Å². The van der Waals surface area contributed by atoms with E-state index in [0.29, 0.717) is 17.9 Å². The molecule has 0 fully saturated rings. The van der Waals surface area contributed by atoms with Gasteiger partial charge in [-0.05, 0) is 83.6 Å². The molecule has 1 aromatic heterocycles. The van der Waals surface area contributed by atoms with Crippen LogP contribution in [0.25, 0.3) is 10.9 Å². The number of carbonyl (C=O) groups excluding carboxylic acids is 1. The highest BCUT2D eigenvalue weighted by atomic mass is 16.5. The maximum Gasteiger partial charge on any atom is 0.152 e. The van der Waals surface area contributed by atoms with Crippen molar-refractivity contribution in [2.45, 2.75) is 13.5 Å². The molecule has 42 heavy (non-hydrogen) atoms. The van der Waals surface area contributed by atoms with E-state index in [4.69, 9.17) is 11.2 Å². The molecule has 0 unspecified atom stereocenters. The molecule has 0 atom stereocenters. The first-order valence-corrected chi connectivity index (χ1v) is 12.0. The largest absolute Gasteiger partial charge is 0.407 e. The van der Waals surface area contributed by atoms with Crippen LogP contribution in [0.2, 0.25) is 0 Å². The van der Waals surface area contributed by atoms with Gasteiger partial charge in [0.15, 0.2) is 6.29 Å². The maximum atomic E-state index is 11.5. The zero-order chi connectivity index (χ0) is 29.7. The van der Waals surface area contributed by atoms with Gasteiger partial charge in [-0.2, -0.15) is 0 Å². The molecular formula is C39H15NO2. The first-order valence-electron chi connectivity index (χ1n) is 12.0. The average Bonchev–Trinajstić information content (AvgIpc) is 3.35. The van der Waals surface area contributed by atoms with Crippen molar-refractivity contribution in [2.24, 2.45) is 0 Å². The van der Waals surface area contributed by atoms with Crippen LogP contribution in [0.4, 0.5) is 0 Å². The van der Waals surface area contributed by atoms with Gasteiger partial charge >= 0.3 is 0 Å². The average molecular weight is 530 g/mol. The number of aldehydes is 1. The zero-order valence-electron chi connectivity index (χ0n) is 22.2. The van der Waals surface area contributed by atoms with Crippen molar-refractivity contribution in [3.8, 4) is 137 Å². The number of hydrogen-bond acceptors (Lipinski definition) is 2. The normalized spacial score (nSPS) is 7.33. The van der Waals surface area contributed by atoms with Crippen LogP contribution >= 0.6 is 0 Å². The standard InChI is InChI=1S/C39H15NO2/c1-3-4-5-6-7-8-9-10-11-12-13-14-15-16-17-18-19-20-21-24-27-42-37-29-34(2)28-35(30-37)31-40-32-36(33-41)38-25-22-23-26-39(38)40/h1,22-23,25-26,28-30,32-33H,31H2,2H3. The van der Waals surface area contributed by atoms with E-state index >= 15 is 0 Å². The fourth-order valence-corrected chi connectivity index (χ4v) is 3.35. The van der Waals surface area contributed by atoms with Crippen LogP contribution in [0.15, 0.2) is 48.7 Å². The first-order chi connectivity index (χ1) is 20.7. The third-order valence-corrected chi connectivity index (χ3v) is 4.83. The summed E-state index contributed by atoms with van der Waals surface area (Å²) in [5, 5.41) is 0.925. The SMILES string of the molecule is C#CC#CC#CC#CC#CC#CC#CC#CC#CC#CC#COc1cc(C)cc(Cn2cc(C=O)c3ccccc32)c1. The predicted molar refractivity (Wildman–Crippen MR) is 165 cm³/mol. The van der Waals surface area contributed by atoms with Gasteiger partial charge in [0, 0.05) is 100 Å². The van der Waals surface area contributed by atoms with Crippen LogP contribution in [0, 0.1) is 138 Å². The fourth-order valence-electron chi connectivity index (χ4n) is 3.35. The summed E-state index contributed by atoms with van der Waals surface area (Å²) < 4.78 is 7.59. The van der Waals surface area contributed by atoms with Crippen molar-refractivity contribution in [1.82, 2.24) is 4.57 Å². The van der Waals surface area contributed by atoms with Crippen LogP contribution in [0.5, 0.6) is 5.75 Å². The van der Waals surface area contributed by atoms with E-state index < -0.39 is 0 Å². The second-order valence-electron chi connectivity index (χ2n) is 7.73. The molecule has 1 heterocycles. The highest BCUT2D eigenvalue weighted by molar-refractivity contribution is 5.97. The minimum atomic E-state index is 0.582. The summed E-state index contributed by atoms with van der Waals surface area (Å²) >= 11 is 0. The number of terminal acetylenes is 1. The molecule has 3 rings (SSSR count). The molecule has 3 aromatic rings. The van der Waals surface area contributed by atoms with E-state index in [1.54, 1.807) is 0 Å². The smallest absolute Gasteiger partial charge is 0.152 e. The van der Waals surface area contributed by atoms with E-state index in [-0.39, 0.29) is 0 Å². The monoisotopic (exact) mass is 529 g/mol. The van der Waals surface area contributed by atoms with Gasteiger partial charge in [0.05, 0.1) is 0 Å². The molecular weight excluding hydrogens is 514 g/mol. The molecule has 0 spiro atoms. The van der Waals surface area contributed by atoms with Crippen LogP contribution in [0.1, 0.15) is 21.5 Å². The van der Waals surface area contributed by atoms with Crippen LogP contribution in [-0.4, -0.2) is 10.9 Å². The number of hydrogen-bond donors (Lipinski definition) is 0. The number of aromatic nitrogens is 1. The van der Waals surface area contributed by atoms with Gasteiger partial charge in [0.2, 0.25) is 0 Å². The van der Waals surface area contributed by atoms with Crippen molar-refractivity contribution >= 4 is 17.2 Å². The maximum absolute atomic E-state index is 11.5. The van der Waals surface area contributed by atoms with Crippen molar-refractivity contribution in [3.05, 3.63) is 65.4 Å². The number of nitrogens with zero attached hydrogens (tertiary/aromatic N) is 1. The molecule has 0 aliphatic heterocycles. The van der Waals surface area contributed by atoms with Crippen molar-refractivity contribution < 1.29 is 9.53 Å². The van der Waals surface area contributed by atoms with Crippen molar-refractivity contribution in [1.29, 1.82) is 0 Å². The van der Waals surface area contributed by atoms with Gasteiger partial charge < -0.3 is 9.30 Å². The number of carbonyl (C=O) groups is 1. The molecule has 0 aliphatic carbocycles. The number of fused-ring (bicyclic) bond motifs is 1. The summed E-state index contributed by atoms with van der Waals surface area (Å²) in [7, 11) is 0. The molecule has 0 N–H and O–H groups in total. The Kier molecular flexibility index (Phi) is 11.9. The second kappa shape index (κ2) is 17.2. The number of aryl methyl sites for hydroxylation is 1. The Bertz CT molecular complexity index is 2240. The number of ether oxygens (including phenoxy) is 1. The Labute approximate surface area is 246 Å². The highest BCUT2D eigenvalue weighted by Crippen LogP contribution is 2.23. The van der Waals surface area contributed by atoms with Crippen LogP contribution in [0.3, 0.4) is 0 Å². The van der Waals surface area contributed by atoms with Crippen LogP contribution < -0.4 is 4.74 Å². The quantitative estimate of drug-likeness (QED) is 0.380. The lowest BCUT2D eigenvalue weighted by Gasteiger charge is -2.08. The van der Waals surface area contributed by atoms with Gasteiger partial charge in [-0.3, -0.25) is 4.79 Å². The molecule has 0 radical (unpaired) electrons. The highest BCUT2D eigenvalue weighted by Gasteiger charge is 2.08. The third-order valence-electron chi connectivity index (χ3n) is 4.83. The second-order valence-corrected chi connectivity index (χ2v) is 7.73. The zero-order valence-corrected chi connectivity index (χ0v) is 22.2. The van der Waals surface area contributed by atoms with E-state index in [1.807, 2.05) is 54.1 Å². The van der Waals surface area contributed by atoms with E-state index in [9.17, 15) is 4.79 Å². The van der Waals surface area contributed by atoms with E-state index in [1.165, 1.54) is 0 Å². The molecule has 188 valence electrons.